The number of morpholine rings is 1. The molecular weight excluding hydrogens is 288 g/mol. The van der Waals surface area contributed by atoms with Crippen LogP contribution >= 0.6 is 0 Å². The molecule has 7 heteroatoms. The topological polar surface area (TPSA) is 95.9 Å². The first-order valence-electron chi connectivity index (χ1n) is 7.95. The highest BCUT2D eigenvalue weighted by Gasteiger charge is 2.29. The van der Waals surface area contributed by atoms with Crippen molar-refractivity contribution in [1.29, 1.82) is 0 Å². The van der Waals surface area contributed by atoms with Crippen LogP contribution in [-0.4, -0.2) is 60.1 Å². The van der Waals surface area contributed by atoms with Crippen LogP contribution in [0.5, 0.6) is 0 Å². The van der Waals surface area contributed by atoms with E-state index in [1.54, 1.807) is 0 Å². The predicted molar refractivity (Wildman–Crippen MR) is 78.2 cm³/mol. The van der Waals surface area contributed by atoms with E-state index >= 15 is 0 Å². The van der Waals surface area contributed by atoms with Gasteiger partial charge in [0.2, 0.25) is 11.8 Å². The Morgan fingerprint density at radius 2 is 1.91 bits per heavy atom. The second-order valence-corrected chi connectivity index (χ2v) is 6.02. The Morgan fingerprint density at radius 3 is 2.59 bits per heavy atom. The van der Waals surface area contributed by atoms with Crippen molar-refractivity contribution in [3.05, 3.63) is 0 Å². The Hall–Kier alpha value is -1.63. The summed E-state index contributed by atoms with van der Waals surface area (Å²) in [5.41, 5.74) is 0. The molecule has 0 radical (unpaired) electrons. The number of carbonyl (C=O) groups is 3. The summed E-state index contributed by atoms with van der Waals surface area (Å²) in [5.74, 6) is -0.989. The molecule has 1 saturated carbocycles. The molecule has 2 amide bonds. The fourth-order valence-corrected chi connectivity index (χ4v) is 3.04. The zero-order valence-corrected chi connectivity index (χ0v) is 12.8. The molecule has 2 fully saturated rings. The highest BCUT2D eigenvalue weighted by Crippen LogP contribution is 2.25. The lowest BCUT2D eigenvalue weighted by Crippen LogP contribution is -2.51. The summed E-state index contributed by atoms with van der Waals surface area (Å²) in [5, 5.41) is 11.6. The third-order valence-corrected chi connectivity index (χ3v) is 4.33. The number of nitrogens with zero attached hydrogens (tertiary/aromatic N) is 1. The molecule has 1 aliphatic carbocycles. The van der Waals surface area contributed by atoms with E-state index in [2.05, 4.69) is 5.32 Å². The average molecular weight is 312 g/mol. The summed E-state index contributed by atoms with van der Waals surface area (Å²) >= 11 is 0. The minimum atomic E-state index is -1.07. The number of nitrogens with one attached hydrogen (secondary N) is 1. The molecule has 22 heavy (non-hydrogen) atoms. The molecule has 0 bridgehead atoms. The number of amides is 2. The summed E-state index contributed by atoms with van der Waals surface area (Å²) in [6.45, 7) is 0.532. The quantitative estimate of drug-likeness (QED) is 0.765. The van der Waals surface area contributed by atoms with E-state index in [4.69, 9.17) is 9.84 Å². The van der Waals surface area contributed by atoms with Gasteiger partial charge in [0, 0.05) is 13.0 Å². The molecule has 1 saturated heterocycles. The van der Waals surface area contributed by atoms with E-state index in [0.29, 0.717) is 18.9 Å². The average Bonchev–Trinajstić information content (AvgIpc) is 2.53. The summed E-state index contributed by atoms with van der Waals surface area (Å²) < 4.78 is 5.07. The van der Waals surface area contributed by atoms with Crippen molar-refractivity contribution in [1.82, 2.24) is 10.2 Å². The number of ether oxygens (including phenoxy) is 1. The molecule has 0 aromatic heterocycles. The first kappa shape index (κ1) is 16.7. The van der Waals surface area contributed by atoms with Gasteiger partial charge in [0.15, 0.2) is 6.10 Å². The molecule has 124 valence electrons. The number of aliphatic carboxylic acids is 1. The third kappa shape index (κ3) is 4.98. The standard InChI is InChI=1S/C15H24N2O5/c18-13(8-11-4-2-1-3-5-11)16-9-14(19)17-6-7-22-12(10-17)15(20)21/h11-12H,1-10H2,(H,16,18)(H,20,21). The van der Waals surface area contributed by atoms with Crippen LogP contribution in [0.4, 0.5) is 0 Å². The molecule has 1 aliphatic heterocycles. The van der Waals surface area contributed by atoms with E-state index < -0.39 is 12.1 Å². The van der Waals surface area contributed by atoms with Crippen molar-refractivity contribution < 1.29 is 24.2 Å². The van der Waals surface area contributed by atoms with Gasteiger partial charge in [-0.05, 0) is 18.8 Å². The second-order valence-electron chi connectivity index (χ2n) is 6.02. The van der Waals surface area contributed by atoms with Crippen molar-refractivity contribution in [2.24, 2.45) is 5.92 Å². The van der Waals surface area contributed by atoms with E-state index in [1.165, 1.54) is 24.2 Å². The second kappa shape index (κ2) is 8.12. The number of carbonyl (C=O) groups excluding carboxylic acids is 2. The van der Waals surface area contributed by atoms with Crippen molar-refractivity contribution >= 4 is 17.8 Å². The SMILES string of the molecule is O=C(CC1CCCCC1)NCC(=O)N1CCOC(C(=O)O)C1. The Bertz CT molecular complexity index is 420. The lowest BCUT2D eigenvalue weighted by molar-refractivity contribution is -0.159. The van der Waals surface area contributed by atoms with Gasteiger partial charge < -0.3 is 20.1 Å². The normalized spacial score (nSPS) is 23.1. The van der Waals surface area contributed by atoms with E-state index in [9.17, 15) is 14.4 Å². The highest BCUT2D eigenvalue weighted by molar-refractivity contribution is 5.85. The van der Waals surface area contributed by atoms with Crippen molar-refractivity contribution in [2.45, 2.75) is 44.6 Å². The van der Waals surface area contributed by atoms with Crippen LogP contribution in [0.2, 0.25) is 0 Å². The largest absolute Gasteiger partial charge is 0.479 e. The maximum absolute atomic E-state index is 12.0. The van der Waals surface area contributed by atoms with Crippen LogP contribution < -0.4 is 5.32 Å². The van der Waals surface area contributed by atoms with Gasteiger partial charge in [0.05, 0.1) is 19.7 Å². The Morgan fingerprint density at radius 1 is 1.18 bits per heavy atom. The smallest absolute Gasteiger partial charge is 0.334 e. The van der Waals surface area contributed by atoms with Crippen molar-refractivity contribution in [3.8, 4) is 0 Å². The first-order valence-corrected chi connectivity index (χ1v) is 7.95. The molecule has 2 rings (SSSR count). The van der Waals surface area contributed by atoms with Gasteiger partial charge in [-0.25, -0.2) is 4.79 Å². The number of hydrogen-bond donors (Lipinski definition) is 2. The van der Waals surface area contributed by atoms with E-state index in [-0.39, 0.29) is 31.5 Å². The third-order valence-electron chi connectivity index (χ3n) is 4.33. The predicted octanol–water partition coefficient (Wildman–Crippen LogP) is 0.385. The lowest BCUT2D eigenvalue weighted by Gasteiger charge is -2.31. The van der Waals surface area contributed by atoms with E-state index in [1.807, 2.05) is 0 Å². The van der Waals surface area contributed by atoms with Gasteiger partial charge in [-0.3, -0.25) is 9.59 Å². The maximum atomic E-state index is 12.0. The Labute approximate surface area is 130 Å². The number of carboxylic acids is 1. The minimum Gasteiger partial charge on any atom is -0.479 e. The molecule has 1 unspecified atom stereocenters. The van der Waals surface area contributed by atoms with Crippen LogP contribution in [0.25, 0.3) is 0 Å². The molecule has 2 N–H and O–H groups in total. The van der Waals surface area contributed by atoms with Crippen LogP contribution in [-0.2, 0) is 19.1 Å². The van der Waals surface area contributed by atoms with Gasteiger partial charge >= 0.3 is 5.97 Å². The molecule has 2 aliphatic rings. The molecule has 1 atom stereocenters. The van der Waals surface area contributed by atoms with Crippen LogP contribution in [0.1, 0.15) is 38.5 Å². The Balaban J connectivity index is 1.70. The molecule has 0 aromatic carbocycles. The van der Waals surface area contributed by atoms with Gasteiger partial charge in [-0.15, -0.1) is 0 Å². The van der Waals surface area contributed by atoms with Gasteiger partial charge in [0.1, 0.15) is 0 Å². The van der Waals surface area contributed by atoms with Crippen LogP contribution in [0, 0.1) is 5.92 Å². The summed E-state index contributed by atoms with van der Waals surface area (Å²) in [6.07, 6.45) is 5.29. The zero-order chi connectivity index (χ0) is 15.9. The van der Waals surface area contributed by atoms with Crippen molar-refractivity contribution in [3.63, 3.8) is 0 Å². The minimum absolute atomic E-state index is 0.0344. The summed E-state index contributed by atoms with van der Waals surface area (Å²) in [7, 11) is 0. The van der Waals surface area contributed by atoms with Gasteiger partial charge in [0.25, 0.3) is 0 Å². The molecule has 1 heterocycles. The lowest BCUT2D eigenvalue weighted by atomic mass is 9.87. The fourth-order valence-electron chi connectivity index (χ4n) is 3.04. The zero-order valence-electron chi connectivity index (χ0n) is 12.8. The number of rotatable bonds is 5. The van der Waals surface area contributed by atoms with Gasteiger partial charge in [-0.2, -0.15) is 0 Å². The molecule has 0 spiro atoms. The first-order chi connectivity index (χ1) is 10.6. The van der Waals surface area contributed by atoms with E-state index in [0.717, 1.165) is 12.8 Å². The molecule has 0 aromatic rings. The Kier molecular flexibility index (Phi) is 6.18. The molecule has 7 nitrogen and oxygen atoms in total. The van der Waals surface area contributed by atoms with Crippen LogP contribution in [0.3, 0.4) is 0 Å². The molecular formula is C15H24N2O5. The highest BCUT2D eigenvalue weighted by atomic mass is 16.5. The fraction of sp³-hybridized carbons (Fsp3) is 0.800. The van der Waals surface area contributed by atoms with Crippen LogP contribution in [0.15, 0.2) is 0 Å². The monoisotopic (exact) mass is 312 g/mol. The van der Waals surface area contributed by atoms with Crippen molar-refractivity contribution in [2.75, 3.05) is 26.2 Å². The van der Waals surface area contributed by atoms with Gasteiger partial charge in [-0.1, -0.05) is 19.3 Å². The summed E-state index contributed by atoms with van der Waals surface area (Å²) in [4.78, 5) is 36.2. The summed E-state index contributed by atoms with van der Waals surface area (Å²) in [6, 6.07) is 0. The number of carboxylic acid groups (broad SMARTS) is 1. The number of hydrogen-bond acceptors (Lipinski definition) is 4. The maximum Gasteiger partial charge on any atom is 0.334 e.